The lowest BCUT2D eigenvalue weighted by molar-refractivity contribution is -0.0498. The molecule has 0 fully saturated rings. The molecule has 1 heterocycles. The second kappa shape index (κ2) is 7.18. The Morgan fingerprint density at radius 1 is 1.19 bits per heavy atom. The standard InChI is InChI=1S/C14H13F2N3O2/c15-13(16)21-12-6-4-10(5-7-12)19-14(20)18-9-11-3-1-2-8-17-11/h1-8,13H,9H2,(H2,18,19,20). The number of halogens is 2. The fourth-order valence-corrected chi connectivity index (χ4v) is 1.57. The zero-order chi connectivity index (χ0) is 15.1. The number of rotatable bonds is 5. The fourth-order valence-electron chi connectivity index (χ4n) is 1.57. The molecule has 7 heteroatoms. The predicted octanol–water partition coefficient (Wildman–Crippen LogP) is 3.00. The molecule has 0 aliphatic heterocycles. The number of hydrogen-bond acceptors (Lipinski definition) is 3. The van der Waals surface area contributed by atoms with Crippen molar-refractivity contribution in [2.24, 2.45) is 0 Å². The van der Waals surface area contributed by atoms with Gasteiger partial charge in [0.05, 0.1) is 12.2 Å². The molecule has 0 aliphatic carbocycles. The highest BCUT2D eigenvalue weighted by Crippen LogP contribution is 2.17. The first-order valence-corrected chi connectivity index (χ1v) is 6.13. The highest BCUT2D eigenvalue weighted by Gasteiger charge is 2.05. The van der Waals surface area contributed by atoms with Gasteiger partial charge in [-0.1, -0.05) is 6.07 Å². The van der Waals surface area contributed by atoms with Crippen molar-refractivity contribution < 1.29 is 18.3 Å². The van der Waals surface area contributed by atoms with Gasteiger partial charge in [-0.25, -0.2) is 4.79 Å². The van der Waals surface area contributed by atoms with Crippen LogP contribution >= 0.6 is 0 Å². The van der Waals surface area contributed by atoms with Gasteiger partial charge in [0.25, 0.3) is 0 Å². The van der Waals surface area contributed by atoms with E-state index in [0.717, 1.165) is 5.69 Å². The van der Waals surface area contributed by atoms with Crippen LogP contribution < -0.4 is 15.4 Å². The van der Waals surface area contributed by atoms with Crippen molar-refractivity contribution in [3.8, 4) is 5.75 Å². The number of benzene rings is 1. The molecule has 110 valence electrons. The summed E-state index contributed by atoms with van der Waals surface area (Å²) >= 11 is 0. The summed E-state index contributed by atoms with van der Waals surface area (Å²) in [6.07, 6.45) is 1.64. The fraction of sp³-hybridized carbons (Fsp3) is 0.143. The van der Waals surface area contributed by atoms with Crippen LogP contribution in [0.25, 0.3) is 0 Å². The molecular formula is C14H13F2N3O2. The van der Waals surface area contributed by atoms with E-state index in [2.05, 4.69) is 20.4 Å². The number of carbonyl (C=O) groups excluding carboxylic acids is 1. The van der Waals surface area contributed by atoms with Crippen LogP contribution in [0.5, 0.6) is 5.75 Å². The molecule has 21 heavy (non-hydrogen) atoms. The molecule has 2 aromatic rings. The summed E-state index contributed by atoms with van der Waals surface area (Å²) in [7, 11) is 0. The first-order chi connectivity index (χ1) is 10.1. The van der Waals surface area contributed by atoms with Crippen molar-refractivity contribution in [3.63, 3.8) is 0 Å². The van der Waals surface area contributed by atoms with Gasteiger partial charge in [0.15, 0.2) is 0 Å². The number of urea groups is 1. The third-order valence-electron chi connectivity index (χ3n) is 2.49. The monoisotopic (exact) mass is 293 g/mol. The largest absolute Gasteiger partial charge is 0.435 e. The van der Waals surface area contributed by atoms with E-state index in [1.165, 1.54) is 24.3 Å². The Morgan fingerprint density at radius 3 is 2.57 bits per heavy atom. The molecule has 0 bridgehead atoms. The van der Waals surface area contributed by atoms with Crippen molar-refractivity contribution in [3.05, 3.63) is 54.4 Å². The first kappa shape index (κ1) is 14.7. The van der Waals surface area contributed by atoms with Gasteiger partial charge in [-0.2, -0.15) is 8.78 Å². The molecule has 0 atom stereocenters. The van der Waals surface area contributed by atoms with Crippen molar-refractivity contribution in [2.45, 2.75) is 13.2 Å². The predicted molar refractivity (Wildman–Crippen MR) is 73.2 cm³/mol. The van der Waals surface area contributed by atoms with E-state index < -0.39 is 12.6 Å². The second-order valence-corrected chi connectivity index (χ2v) is 4.03. The van der Waals surface area contributed by atoms with E-state index in [-0.39, 0.29) is 5.75 Å². The number of hydrogen-bond donors (Lipinski definition) is 2. The molecule has 2 amide bonds. The van der Waals surface area contributed by atoms with Gasteiger partial charge in [-0.15, -0.1) is 0 Å². The van der Waals surface area contributed by atoms with E-state index in [1.807, 2.05) is 6.07 Å². The zero-order valence-electron chi connectivity index (χ0n) is 10.9. The quantitative estimate of drug-likeness (QED) is 0.890. The Bertz CT molecular complexity index is 577. The van der Waals surface area contributed by atoms with Gasteiger partial charge in [0.2, 0.25) is 0 Å². The number of alkyl halides is 2. The molecule has 5 nitrogen and oxygen atoms in total. The molecule has 0 unspecified atom stereocenters. The lowest BCUT2D eigenvalue weighted by Gasteiger charge is -2.08. The minimum Gasteiger partial charge on any atom is -0.435 e. The number of nitrogens with one attached hydrogen (secondary N) is 2. The SMILES string of the molecule is O=C(NCc1ccccn1)Nc1ccc(OC(F)F)cc1. The highest BCUT2D eigenvalue weighted by molar-refractivity contribution is 5.89. The van der Waals surface area contributed by atoms with E-state index in [1.54, 1.807) is 18.3 Å². The number of carbonyl (C=O) groups is 1. The molecule has 0 radical (unpaired) electrons. The third-order valence-corrected chi connectivity index (χ3v) is 2.49. The number of amides is 2. The Morgan fingerprint density at radius 2 is 1.95 bits per heavy atom. The summed E-state index contributed by atoms with van der Waals surface area (Å²) < 4.78 is 28.2. The lowest BCUT2D eigenvalue weighted by atomic mass is 10.3. The van der Waals surface area contributed by atoms with Gasteiger partial charge in [0.1, 0.15) is 5.75 Å². The maximum absolute atomic E-state index is 12.0. The molecule has 0 saturated carbocycles. The maximum Gasteiger partial charge on any atom is 0.387 e. The van der Waals surface area contributed by atoms with E-state index in [4.69, 9.17) is 0 Å². The summed E-state index contributed by atoms with van der Waals surface area (Å²) in [6, 6.07) is 10.6. The minimum atomic E-state index is -2.87. The number of pyridine rings is 1. The minimum absolute atomic E-state index is 0.0319. The smallest absolute Gasteiger partial charge is 0.387 e. The van der Waals surface area contributed by atoms with Gasteiger partial charge in [0, 0.05) is 11.9 Å². The van der Waals surface area contributed by atoms with Crippen LogP contribution in [0.2, 0.25) is 0 Å². The molecular weight excluding hydrogens is 280 g/mol. The van der Waals surface area contributed by atoms with Crippen LogP contribution in [-0.2, 0) is 6.54 Å². The lowest BCUT2D eigenvalue weighted by Crippen LogP contribution is -2.28. The van der Waals surface area contributed by atoms with Gasteiger partial charge >= 0.3 is 12.6 Å². The molecule has 0 aliphatic rings. The average Bonchev–Trinajstić information content (AvgIpc) is 2.48. The summed E-state index contributed by atoms with van der Waals surface area (Å²) in [5, 5.41) is 5.20. The summed E-state index contributed by atoms with van der Waals surface area (Å²) in [5.41, 5.74) is 1.20. The van der Waals surface area contributed by atoms with Crippen LogP contribution in [0.4, 0.5) is 19.3 Å². The van der Waals surface area contributed by atoms with Crippen molar-refractivity contribution in [1.82, 2.24) is 10.3 Å². The zero-order valence-corrected chi connectivity index (χ0v) is 10.9. The highest BCUT2D eigenvalue weighted by atomic mass is 19.3. The van der Waals surface area contributed by atoms with Crippen LogP contribution in [0.1, 0.15) is 5.69 Å². The molecule has 0 saturated heterocycles. The van der Waals surface area contributed by atoms with Crippen molar-refractivity contribution in [1.29, 1.82) is 0 Å². The Labute approximate surface area is 120 Å². The topological polar surface area (TPSA) is 63.2 Å². The molecule has 1 aromatic carbocycles. The Kier molecular flexibility index (Phi) is 5.03. The molecule has 2 rings (SSSR count). The Hall–Kier alpha value is -2.70. The Balaban J connectivity index is 1.82. The first-order valence-electron chi connectivity index (χ1n) is 6.13. The van der Waals surface area contributed by atoms with Crippen LogP contribution in [-0.4, -0.2) is 17.6 Å². The van der Waals surface area contributed by atoms with Crippen LogP contribution in [0.3, 0.4) is 0 Å². The van der Waals surface area contributed by atoms with Crippen molar-refractivity contribution in [2.75, 3.05) is 5.32 Å². The number of nitrogens with zero attached hydrogens (tertiary/aromatic N) is 1. The third kappa shape index (κ3) is 5.06. The van der Waals surface area contributed by atoms with Gasteiger partial charge in [-0.3, -0.25) is 4.98 Å². The van der Waals surface area contributed by atoms with Crippen molar-refractivity contribution >= 4 is 11.7 Å². The number of ether oxygens (including phenoxy) is 1. The van der Waals surface area contributed by atoms with E-state index >= 15 is 0 Å². The number of anilines is 1. The number of aromatic nitrogens is 1. The van der Waals surface area contributed by atoms with Gasteiger partial charge < -0.3 is 15.4 Å². The van der Waals surface area contributed by atoms with Crippen LogP contribution in [0, 0.1) is 0 Å². The maximum atomic E-state index is 12.0. The van der Waals surface area contributed by atoms with E-state index in [0.29, 0.717) is 12.2 Å². The second-order valence-electron chi connectivity index (χ2n) is 4.03. The summed E-state index contributed by atoms with van der Waals surface area (Å²) in [5.74, 6) is 0.0319. The van der Waals surface area contributed by atoms with Gasteiger partial charge in [-0.05, 0) is 36.4 Å². The summed E-state index contributed by atoms with van der Waals surface area (Å²) in [6.45, 7) is -2.58. The normalized spacial score (nSPS) is 10.2. The average molecular weight is 293 g/mol. The molecule has 1 aromatic heterocycles. The summed E-state index contributed by atoms with van der Waals surface area (Å²) in [4.78, 5) is 15.7. The molecule has 2 N–H and O–H groups in total. The molecule has 0 spiro atoms. The van der Waals surface area contributed by atoms with E-state index in [9.17, 15) is 13.6 Å². The van der Waals surface area contributed by atoms with Crippen LogP contribution in [0.15, 0.2) is 48.7 Å².